The molecule has 2 rings (SSSR count). The van der Waals surface area contributed by atoms with Gasteiger partial charge < -0.3 is 4.90 Å². The van der Waals surface area contributed by atoms with Crippen molar-refractivity contribution in [3.8, 4) is 0 Å². The largest absolute Gasteiger partial charge is 0.333 e. The van der Waals surface area contributed by atoms with Crippen LogP contribution in [-0.2, 0) is 0 Å². The summed E-state index contributed by atoms with van der Waals surface area (Å²) in [4.78, 5) is 17.3. The summed E-state index contributed by atoms with van der Waals surface area (Å²) in [7, 11) is 0. The van der Waals surface area contributed by atoms with Crippen LogP contribution in [0.4, 0.5) is 4.79 Å². The van der Waals surface area contributed by atoms with Gasteiger partial charge in [0.15, 0.2) is 0 Å². The molecule has 1 amide bonds. The molecule has 0 aromatic carbocycles. The topological polar surface area (TPSA) is 46.1 Å². The summed E-state index contributed by atoms with van der Waals surface area (Å²) in [6, 6.07) is 0. The first-order chi connectivity index (χ1) is 6.75. The fourth-order valence-corrected chi connectivity index (χ4v) is 2.76. The smallest absolute Gasteiger partial charge is 0.289 e. The van der Waals surface area contributed by atoms with Crippen LogP contribution in [0.2, 0.25) is 4.47 Å². The molecule has 1 aromatic rings. The highest BCUT2D eigenvalue weighted by Crippen LogP contribution is 2.24. The molecule has 7 heteroatoms. The Labute approximate surface area is 94.8 Å². The Morgan fingerprint density at radius 1 is 1.50 bits per heavy atom. The summed E-state index contributed by atoms with van der Waals surface area (Å²) >= 11 is 7.76. The first kappa shape index (κ1) is 10.2. The van der Waals surface area contributed by atoms with Crippen LogP contribution in [0.5, 0.6) is 0 Å². The second kappa shape index (κ2) is 4.46. The molecular weight excluding hydrogens is 242 g/mol. The van der Waals surface area contributed by atoms with E-state index in [9.17, 15) is 4.79 Å². The van der Waals surface area contributed by atoms with Gasteiger partial charge in [-0.05, 0) is 36.0 Å². The van der Waals surface area contributed by atoms with Crippen LogP contribution < -0.4 is 0 Å². The number of carbonyl (C=O) groups is 1. The molecule has 0 N–H and O–H groups in total. The minimum Gasteiger partial charge on any atom is -0.333 e. The zero-order valence-electron chi connectivity index (χ0n) is 7.27. The van der Waals surface area contributed by atoms with Gasteiger partial charge in [-0.1, -0.05) is 0 Å². The molecule has 1 fully saturated rings. The number of thioether (sulfide) groups is 1. The average Bonchev–Trinajstić information content (AvgIpc) is 2.75. The Balaban J connectivity index is 1.93. The minimum atomic E-state index is 0.0250. The standard InChI is InChI=1S/C7H8ClN3OS2/c8-5-9-6(10-14-5)13-7(12)11-3-1-2-4-11/h1-4H2. The number of halogens is 1. The Bertz CT molecular complexity index is 337. The number of aromatic nitrogens is 2. The molecule has 4 nitrogen and oxygen atoms in total. The lowest BCUT2D eigenvalue weighted by Gasteiger charge is -2.12. The second-order valence-corrected chi connectivity index (χ2v) is 5.14. The Morgan fingerprint density at radius 2 is 2.21 bits per heavy atom. The van der Waals surface area contributed by atoms with Gasteiger partial charge in [-0.3, -0.25) is 4.79 Å². The third-order valence-corrected chi connectivity index (χ3v) is 3.64. The van der Waals surface area contributed by atoms with Crippen molar-refractivity contribution in [1.29, 1.82) is 0 Å². The van der Waals surface area contributed by atoms with Crippen molar-refractivity contribution in [3.05, 3.63) is 4.47 Å². The number of carbonyl (C=O) groups excluding carboxylic acids is 1. The van der Waals surface area contributed by atoms with Gasteiger partial charge in [0, 0.05) is 24.9 Å². The highest BCUT2D eigenvalue weighted by atomic mass is 35.5. The van der Waals surface area contributed by atoms with E-state index in [2.05, 4.69) is 9.36 Å². The predicted octanol–water partition coefficient (Wildman–Crippen LogP) is 2.50. The van der Waals surface area contributed by atoms with E-state index in [4.69, 9.17) is 11.6 Å². The summed E-state index contributed by atoms with van der Waals surface area (Å²) in [5, 5.41) is 0.480. The van der Waals surface area contributed by atoms with Gasteiger partial charge in [-0.2, -0.15) is 9.36 Å². The number of hydrogen-bond donors (Lipinski definition) is 0. The quantitative estimate of drug-likeness (QED) is 0.718. The van der Waals surface area contributed by atoms with Crippen molar-refractivity contribution in [3.63, 3.8) is 0 Å². The second-order valence-electron chi connectivity index (χ2n) is 2.89. The Hall–Kier alpha value is -0.330. The van der Waals surface area contributed by atoms with Crippen molar-refractivity contribution in [2.45, 2.75) is 18.0 Å². The van der Waals surface area contributed by atoms with Gasteiger partial charge in [0.25, 0.3) is 5.24 Å². The first-order valence-corrected chi connectivity index (χ1v) is 6.18. The monoisotopic (exact) mass is 249 g/mol. The molecule has 2 heterocycles. The van der Waals surface area contributed by atoms with Gasteiger partial charge in [0.1, 0.15) is 0 Å². The Morgan fingerprint density at radius 3 is 2.79 bits per heavy atom. The normalized spacial score (nSPS) is 16.2. The van der Waals surface area contributed by atoms with E-state index in [0.717, 1.165) is 49.2 Å². The lowest BCUT2D eigenvalue weighted by molar-refractivity contribution is 0.233. The molecule has 0 unspecified atom stereocenters. The molecular formula is C7H8ClN3OS2. The summed E-state index contributed by atoms with van der Waals surface area (Å²) in [6.45, 7) is 1.70. The summed E-state index contributed by atoms with van der Waals surface area (Å²) in [6.07, 6.45) is 2.19. The third kappa shape index (κ3) is 2.37. The van der Waals surface area contributed by atoms with Gasteiger partial charge >= 0.3 is 0 Å². The first-order valence-electron chi connectivity index (χ1n) is 4.21. The number of rotatable bonds is 1. The van der Waals surface area contributed by atoms with E-state index in [1.807, 2.05) is 4.90 Å². The molecule has 76 valence electrons. The molecule has 0 spiro atoms. The third-order valence-electron chi connectivity index (χ3n) is 1.93. The van der Waals surface area contributed by atoms with E-state index in [1.165, 1.54) is 0 Å². The van der Waals surface area contributed by atoms with Crippen molar-refractivity contribution >= 4 is 40.1 Å². The summed E-state index contributed by atoms with van der Waals surface area (Å²) < 4.78 is 4.32. The van der Waals surface area contributed by atoms with Crippen LogP contribution in [0.3, 0.4) is 0 Å². The minimum absolute atomic E-state index is 0.0250. The van der Waals surface area contributed by atoms with E-state index in [0.29, 0.717) is 9.62 Å². The summed E-state index contributed by atoms with van der Waals surface area (Å²) in [5.41, 5.74) is 0. The summed E-state index contributed by atoms with van der Waals surface area (Å²) in [5.74, 6) is 0. The SMILES string of the molecule is O=C(Sc1nsc(Cl)n1)N1CCCC1. The van der Waals surface area contributed by atoms with Crippen LogP contribution >= 0.6 is 34.9 Å². The fourth-order valence-electron chi connectivity index (χ4n) is 1.28. The predicted molar refractivity (Wildman–Crippen MR) is 57.0 cm³/mol. The zero-order chi connectivity index (χ0) is 9.97. The highest BCUT2D eigenvalue weighted by Gasteiger charge is 2.20. The van der Waals surface area contributed by atoms with E-state index in [-0.39, 0.29) is 5.24 Å². The molecule has 1 aliphatic heterocycles. The molecule has 0 atom stereocenters. The molecule has 1 aromatic heterocycles. The molecule has 14 heavy (non-hydrogen) atoms. The maximum atomic E-state index is 11.6. The molecule has 0 aliphatic carbocycles. The van der Waals surface area contributed by atoms with Crippen LogP contribution in [0.25, 0.3) is 0 Å². The molecule has 0 saturated carbocycles. The number of nitrogens with zero attached hydrogens (tertiary/aromatic N) is 3. The van der Waals surface area contributed by atoms with E-state index < -0.39 is 0 Å². The lowest BCUT2D eigenvalue weighted by atomic mass is 10.4. The van der Waals surface area contributed by atoms with Crippen LogP contribution in [0.15, 0.2) is 5.16 Å². The van der Waals surface area contributed by atoms with Crippen molar-refractivity contribution in [2.75, 3.05) is 13.1 Å². The van der Waals surface area contributed by atoms with Gasteiger partial charge in [0.2, 0.25) is 9.62 Å². The van der Waals surface area contributed by atoms with Crippen molar-refractivity contribution in [2.24, 2.45) is 0 Å². The van der Waals surface area contributed by atoms with Crippen molar-refractivity contribution < 1.29 is 4.79 Å². The van der Waals surface area contributed by atoms with Gasteiger partial charge in [-0.15, -0.1) is 0 Å². The number of amides is 1. The van der Waals surface area contributed by atoms with Crippen LogP contribution in [0.1, 0.15) is 12.8 Å². The van der Waals surface area contributed by atoms with E-state index >= 15 is 0 Å². The van der Waals surface area contributed by atoms with E-state index in [1.54, 1.807) is 0 Å². The molecule has 0 radical (unpaired) electrons. The maximum Gasteiger partial charge on any atom is 0.289 e. The highest BCUT2D eigenvalue weighted by molar-refractivity contribution is 8.13. The average molecular weight is 250 g/mol. The lowest BCUT2D eigenvalue weighted by Crippen LogP contribution is -2.23. The Kier molecular flexibility index (Phi) is 3.25. The van der Waals surface area contributed by atoms with Crippen molar-refractivity contribution in [1.82, 2.24) is 14.3 Å². The molecule has 0 bridgehead atoms. The molecule has 1 aliphatic rings. The van der Waals surface area contributed by atoms with Crippen LogP contribution in [-0.4, -0.2) is 32.6 Å². The number of likely N-dealkylation sites (tertiary alicyclic amines) is 1. The van der Waals surface area contributed by atoms with Gasteiger partial charge in [0.05, 0.1) is 0 Å². The zero-order valence-corrected chi connectivity index (χ0v) is 9.66. The van der Waals surface area contributed by atoms with Gasteiger partial charge in [-0.25, -0.2) is 0 Å². The molecule has 1 saturated heterocycles. The van der Waals surface area contributed by atoms with Crippen LogP contribution in [0, 0.1) is 0 Å². The maximum absolute atomic E-state index is 11.6. The fraction of sp³-hybridized carbons (Fsp3) is 0.571. The number of hydrogen-bond acceptors (Lipinski definition) is 5.